The van der Waals surface area contributed by atoms with Crippen molar-refractivity contribution >= 4 is 0 Å². The van der Waals surface area contributed by atoms with E-state index < -0.39 is 6.10 Å². The molecular formula is C15H22O2. The Hall–Kier alpha value is -1.02. The van der Waals surface area contributed by atoms with Crippen LogP contribution in [-0.2, 0) is 6.42 Å². The predicted molar refractivity (Wildman–Crippen MR) is 69.3 cm³/mol. The zero-order chi connectivity index (χ0) is 12.5. The molecule has 2 nitrogen and oxygen atoms in total. The third-order valence-corrected chi connectivity index (χ3v) is 3.32. The van der Waals surface area contributed by atoms with Gasteiger partial charge in [-0.3, -0.25) is 0 Å². The van der Waals surface area contributed by atoms with Gasteiger partial charge in [-0.25, -0.2) is 0 Å². The summed E-state index contributed by atoms with van der Waals surface area (Å²) in [6.07, 6.45) is 3.75. The van der Waals surface area contributed by atoms with Crippen molar-refractivity contribution in [2.75, 3.05) is 0 Å². The summed E-state index contributed by atoms with van der Waals surface area (Å²) in [5.74, 6) is 0.842. The monoisotopic (exact) mass is 234 g/mol. The van der Waals surface area contributed by atoms with E-state index in [4.69, 9.17) is 4.74 Å². The molecular weight excluding hydrogens is 212 g/mol. The first kappa shape index (κ1) is 12.4. The van der Waals surface area contributed by atoms with Crippen LogP contribution in [0.2, 0.25) is 0 Å². The van der Waals surface area contributed by atoms with E-state index in [1.54, 1.807) is 0 Å². The fourth-order valence-electron chi connectivity index (χ4n) is 2.40. The SMILES string of the molecule is CCCCc1ccc2c(c1)C(O)CC(C)(C)O2. The Balaban J connectivity index is 2.24. The Morgan fingerprint density at radius 3 is 2.88 bits per heavy atom. The van der Waals surface area contributed by atoms with E-state index >= 15 is 0 Å². The summed E-state index contributed by atoms with van der Waals surface area (Å²) in [5, 5.41) is 10.2. The van der Waals surface area contributed by atoms with Crippen molar-refractivity contribution < 1.29 is 9.84 Å². The molecule has 0 saturated carbocycles. The topological polar surface area (TPSA) is 29.5 Å². The highest BCUT2D eigenvalue weighted by atomic mass is 16.5. The molecule has 0 aliphatic carbocycles. The minimum absolute atomic E-state index is 0.267. The number of rotatable bonds is 3. The number of aliphatic hydroxyl groups excluding tert-OH is 1. The van der Waals surface area contributed by atoms with Crippen LogP contribution < -0.4 is 4.74 Å². The first-order valence-electron chi connectivity index (χ1n) is 6.52. The van der Waals surface area contributed by atoms with Gasteiger partial charge in [0.25, 0.3) is 0 Å². The molecule has 2 rings (SSSR count). The van der Waals surface area contributed by atoms with Crippen LogP contribution in [0, 0.1) is 0 Å². The minimum Gasteiger partial charge on any atom is -0.487 e. The number of aryl methyl sites for hydroxylation is 1. The van der Waals surface area contributed by atoms with Crippen LogP contribution in [0.4, 0.5) is 0 Å². The van der Waals surface area contributed by atoms with Gasteiger partial charge >= 0.3 is 0 Å². The summed E-state index contributed by atoms with van der Waals surface area (Å²) in [6, 6.07) is 6.22. The summed E-state index contributed by atoms with van der Waals surface area (Å²) in [4.78, 5) is 0. The summed E-state index contributed by atoms with van der Waals surface area (Å²) >= 11 is 0. The van der Waals surface area contributed by atoms with Crippen molar-refractivity contribution in [1.29, 1.82) is 0 Å². The molecule has 0 saturated heterocycles. The zero-order valence-electron chi connectivity index (χ0n) is 11.0. The molecule has 94 valence electrons. The van der Waals surface area contributed by atoms with Gasteiger partial charge in [0.1, 0.15) is 11.4 Å². The maximum atomic E-state index is 10.2. The smallest absolute Gasteiger partial charge is 0.125 e. The van der Waals surface area contributed by atoms with Crippen LogP contribution in [0.5, 0.6) is 5.75 Å². The van der Waals surface area contributed by atoms with Gasteiger partial charge in [-0.15, -0.1) is 0 Å². The van der Waals surface area contributed by atoms with Crippen molar-refractivity contribution in [2.45, 2.75) is 58.2 Å². The van der Waals surface area contributed by atoms with Crippen molar-refractivity contribution in [1.82, 2.24) is 0 Å². The molecule has 0 fully saturated rings. The highest BCUT2D eigenvalue weighted by molar-refractivity contribution is 5.41. The van der Waals surface area contributed by atoms with Gasteiger partial charge in [-0.05, 0) is 44.4 Å². The normalized spacial score (nSPS) is 21.8. The molecule has 0 spiro atoms. The van der Waals surface area contributed by atoms with Gasteiger partial charge < -0.3 is 9.84 Å². The first-order chi connectivity index (χ1) is 8.02. The van der Waals surface area contributed by atoms with Gasteiger partial charge in [0.05, 0.1) is 6.10 Å². The van der Waals surface area contributed by atoms with E-state index in [1.807, 2.05) is 19.9 Å². The lowest BCUT2D eigenvalue weighted by Gasteiger charge is -2.35. The van der Waals surface area contributed by atoms with Gasteiger partial charge in [-0.1, -0.05) is 19.4 Å². The molecule has 1 N–H and O–H groups in total. The second-order valence-corrected chi connectivity index (χ2v) is 5.56. The highest BCUT2D eigenvalue weighted by Gasteiger charge is 2.32. The van der Waals surface area contributed by atoms with Crippen molar-refractivity contribution in [2.24, 2.45) is 0 Å². The van der Waals surface area contributed by atoms with E-state index in [0.717, 1.165) is 17.7 Å². The van der Waals surface area contributed by atoms with Crippen LogP contribution in [0.25, 0.3) is 0 Å². The lowest BCUT2D eigenvalue weighted by molar-refractivity contribution is 0.0115. The molecule has 2 heteroatoms. The molecule has 1 unspecified atom stereocenters. The van der Waals surface area contributed by atoms with Gasteiger partial charge in [0.15, 0.2) is 0 Å². The average Bonchev–Trinajstić information content (AvgIpc) is 2.25. The molecule has 1 aromatic rings. The molecule has 1 heterocycles. The Morgan fingerprint density at radius 2 is 2.18 bits per heavy atom. The van der Waals surface area contributed by atoms with Crippen LogP contribution >= 0.6 is 0 Å². The molecule has 1 aliphatic rings. The molecule has 0 radical (unpaired) electrons. The lowest BCUT2D eigenvalue weighted by Crippen LogP contribution is -2.34. The van der Waals surface area contributed by atoms with Crippen molar-refractivity contribution in [3.05, 3.63) is 29.3 Å². The highest BCUT2D eigenvalue weighted by Crippen LogP contribution is 2.39. The first-order valence-corrected chi connectivity index (χ1v) is 6.52. The van der Waals surface area contributed by atoms with Crippen LogP contribution in [0.3, 0.4) is 0 Å². The number of ether oxygens (including phenoxy) is 1. The largest absolute Gasteiger partial charge is 0.487 e. The summed E-state index contributed by atoms with van der Waals surface area (Å²) in [6.45, 7) is 6.23. The van der Waals surface area contributed by atoms with E-state index in [1.165, 1.54) is 18.4 Å². The number of aliphatic hydroxyl groups is 1. The Labute approximate surface area is 104 Å². The second-order valence-electron chi connectivity index (χ2n) is 5.56. The summed E-state index contributed by atoms with van der Waals surface area (Å²) < 4.78 is 5.89. The van der Waals surface area contributed by atoms with E-state index in [-0.39, 0.29) is 5.60 Å². The van der Waals surface area contributed by atoms with Gasteiger partial charge in [0.2, 0.25) is 0 Å². The number of hydrogen-bond donors (Lipinski definition) is 1. The summed E-state index contributed by atoms with van der Waals surface area (Å²) in [5.41, 5.74) is 1.99. The molecule has 0 aromatic heterocycles. The standard InChI is InChI=1S/C15H22O2/c1-4-5-6-11-7-8-14-12(9-11)13(16)10-15(2,3)17-14/h7-9,13,16H,4-6,10H2,1-3H3. The Kier molecular flexibility index (Phi) is 3.43. The average molecular weight is 234 g/mol. The number of hydrogen-bond acceptors (Lipinski definition) is 2. The van der Waals surface area contributed by atoms with E-state index in [0.29, 0.717) is 6.42 Å². The molecule has 1 aliphatic heterocycles. The van der Waals surface area contributed by atoms with Crippen molar-refractivity contribution in [3.8, 4) is 5.75 Å². The molecule has 1 atom stereocenters. The second kappa shape index (κ2) is 4.69. The quantitative estimate of drug-likeness (QED) is 0.865. The fourth-order valence-corrected chi connectivity index (χ4v) is 2.40. The third kappa shape index (κ3) is 2.81. The fraction of sp³-hybridized carbons (Fsp3) is 0.600. The molecule has 1 aromatic carbocycles. The number of fused-ring (bicyclic) bond motifs is 1. The third-order valence-electron chi connectivity index (χ3n) is 3.32. The zero-order valence-corrected chi connectivity index (χ0v) is 11.0. The minimum atomic E-state index is -0.393. The molecule has 0 amide bonds. The molecule has 0 bridgehead atoms. The van der Waals surface area contributed by atoms with Crippen LogP contribution in [0.15, 0.2) is 18.2 Å². The maximum absolute atomic E-state index is 10.2. The predicted octanol–water partition coefficient (Wildman–Crippen LogP) is 3.62. The lowest BCUT2D eigenvalue weighted by atomic mass is 9.90. The van der Waals surface area contributed by atoms with Crippen LogP contribution in [-0.4, -0.2) is 10.7 Å². The van der Waals surface area contributed by atoms with Crippen molar-refractivity contribution in [3.63, 3.8) is 0 Å². The van der Waals surface area contributed by atoms with Gasteiger partial charge in [-0.2, -0.15) is 0 Å². The van der Waals surface area contributed by atoms with Crippen LogP contribution in [0.1, 0.15) is 57.3 Å². The van der Waals surface area contributed by atoms with Gasteiger partial charge in [0, 0.05) is 12.0 Å². The van der Waals surface area contributed by atoms with E-state index in [9.17, 15) is 5.11 Å². The number of benzene rings is 1. The Bertz CT molecular complexity index is 396. The Morgan fingerprint density at radius 1 is 1.41 bits per heavy atom. The van der Waals surface area contributed by atoms with E-state index in [2.05, 4.69) is 19.1 Å². The maximum Gasteiger partial charge on any atom is 0.125 e. The molecule has 17 heavy (non-hydrogen) atoms. The summed E-state index contributed by atoms with van der Waals surface area (Å²) in [7, 11) is 0. The number of unbranched alkanes of at least 4 members (excludes halogenated alkanes) is 1.